The second-order valence-electron chi connectivity index (χ2n) is 0. The van der Waals surface area contributed by atoms with Crippen molar-refractivity contribution < 1.29 is 42.1 Å². The summed E-state index contributed by atoms with van der Waals surface area (Å²) in [5, 5.41) is 0. The Kier molecular flexibility index (Phi) is 335. The minimum absolute atomic E-state index is 0. The average molecular weight is 288 g/mol. The van der Waals surface area contributed by atoms with E-state index >= 15 is 0 Å². The van der Waals surface area contributed by atoms with Gasteiger partial charge in [-0.05, 0) is 0 Å². The molecule has 0 heterocycles. The van der Waals surface area contributed by atoms with E-state index in [1.54, 1.807) is 0 Å². The van der Waals surface area contributed by atoms with E-state index in [0.29, 0.717) is 0 Å². The Bertz CT molecular complexity index is 4.85. The van der Waals surface area contributed by atoms with E-state index < -0.39 is 0 Å². The van der Waals surface area contributed by atoms with Crippen LogP contribution in [0.25, 0.3) is 0 Å². The van der Waals surface area contributed by atoms with Crippen LogP contribution in [-0.4, -0.2) is 0 Å². The SMILES string of the molecule is [Mo].[Mo].[S-2].[S-2].[S-2]. The first-order chi connectivity index (χ1) is 0. The first-order valence-electron chi connectivity index (χ1n) is 0. The molecule has 0 aliphatic carbocycles. The Morgan fingerprint density at radius 3 is 0.400 bits per heavy atom. The van der Waals surface area contributed by atoms with E-state index in [1.807, 2.05) is 0 Å². The quantitative estimate of drug-likeness (QED) is 0.550. The van der Waals surface area contributed by atoms with Gasteiger partial charge in [-0.1, -0.05) is 0 Å². The van der Waals surface area contributed by atoms with E-state index in [-0.39, 0.29) is 82.6 Å². The molecule has 0 rings (SSSR count). The Hall–Kier alpha value is 2.43. The van der Waals surface area contributed by atoms with Crippen LogP contribution in [0.5, 0.6) is 0 Å². The predicted octanol–water partition coefficient (Wildman–Crippen LogP) is -0.0122. The fraction of sp³-hybridized carbons (Fsp3) is 0. The summed E-state index contributed by atoms with van der Waals surface area (Å²) in [7, 11) is 0. The van der Waals surface area contributed by atoms with Gasteiger partial charge in [-0.3, -0.25) is 0 Å². The van der Waals surface area contributed by atoms with Crippen molar-refractivity contribution in [1.82, 2.24) is 0 Å². The summed E-state index contributed by atoms with van der Waals surface area (Å²) in [6.07, 6.45) is 0. The molecule has 36 valence electrons. The van der Waals surface area contributed by atoms with Gasteiger partial charge in [0.2, 0.25) is 0 Å². The first kappa shape index (κ1) is 52.1. The van der Waals surface area contributed by atoms with Gasteiger partial charge in [0.1, 0.15) is 0 Å². The molecule has 0 N–H and O–H groups in total. The molecule has 0 spiro atoms. The van der Waals surface area contributed by atoms with Crippen LogP contribution in [0.15, 0.2) is 0 Å². The smallest absolute Gasteiger partial charge is 0 e. The minimum atomic E-state index is 0. The Balaban J connectivity index is 0. The average Bonchev–Trinajstić information content (AvgIpc) is 0. The van der Waals surface area contributed by atoms with E-state index in [9.17, 15) is 0 Å². The molecule has 0 fully saturated rings. The molecule has 0 unspecified atom stereocenters. The maximum absolute atomic E-state index is 0. The van der Waals surface area contributed by atoms with Crippen molar-refractivity contribution in [3.05, 3.63) is 0 Å². The monoisotopic (exact) mass is 292 g/mol. The second kappa shape index (κ2) is 32.1. The van der Waals surface area contributed by atoms with Crippen molar-refractivity contribution >= 4 is 40.5 Å². The van der Waals surface area contributed by atoms with Crippen LogP contribution < -0.4 is 0 Å². The van der Waals surface area contributed by atoms with Gasteiger partial charge >= 0.3 is 0 Å². The molecule has 0 nitrogen and oxygen atoms in total. The molecule has 0 saturated carbocycles. The molecule has 0 aromatic rings. The van der Waals surface area contributed by atoms with E-state index in [0.717, 1.165) is 0 Å². The van der Waals surface area contributed by atoms with Crippen molar-refractivity contribution in [2.45, 2.75) is 0 Å². The zero-order valence-corrected chi connectivity index (χ0v) is 8.50. The van der Waals surface area contributed by atoms with Crippen molar-refractivity contribution in [1.29, 1.82) is 0 Å². The maximum atomic E-state index is 0. The third-order valence-corrected chi connectivity index (χ3v) is 0. The van der Waals surface area contributed by atoms with Crippen LogP contribution in [0.4, 0.5) is 0 Å². The molecule has 0 amide bonds. The molecule has 5 heavy (non-hydrogen) atoms. The van der Waals surface area contributed by atoms with E-state index in [1.165, 1.54) is 0 Å². The zero-order valence-electron chi connectivity index (χ0n) is 2.04. The predicted molar refractivity (Wildman–Crippen MR) is 22.1 cm³/mol. The van der Waals surface area contributed by atoms with Gasteiger partial charge in [-0.25, -0.2) is 0 Å². The van der Waals surface area contributed by atoms with Crippen molar-refractivity contribution in [3.8, 4) is 0 Å². The topological polar surface area (TPSA) is 0 Å². The molecule has 0 aromatic heterocycles. The summed E-state index contributed by atoms with van der Waals surface area (Å²) >= 11 is 0. The fourth-order valence-corrected chi connectivity index (χ4v) is 0. The van der Waals surface area contributed by atoms with Gasteiger partial charge in [-0.2, -0.15) is 0 Å². The zero-order chi connectivity index (χ0) is 0. The third kappa shape index (κ3) is 21.4. The molecule has 0 aromatic carbocycles. The van der Waals surface area contributed by atoms with Crippen LogP contribution >= 0.6 is 0 Å². The summed E-state index contributed by atoms with van der Waals surface area (Å²) < 4.78 is 0. The number of hydrogen-bond acceptors (Lipinski definition) is 0. The molecule has 0 aliphatic heterocycles. The maximum Gasteiger partial charge on any atom is 0 e. The summed E-state index contributed by atoms with van der Waals surface area (Å²) in [4.78, 5) is 0. The normalized spacial score (nSPS) is 0. The molecule has 0 atom stereocenters. The van der Waals surface area contributed by atoms with Gasteiger partial charge in [-0.15, -0.1) is 0 Å². The largest absolute Gasteiger partial charge is 2.00 e. The summed E-state index contributed by atoms with van der Waals surface area (Å²) in [6, 6.07) is 0. The van der Waals surface area contributed by atoms with Gasteiger partial charge in [0.25, 0.3) is 0 Å². The summed E-state index contributed by atoms with van der Waals surface area (Å²) in [6.45, 7) is 0. The van der Waals surface area contributed by atoms with Crippen molar-refractivity contribution in [2.24, 2.45) is 0 Å². The van der Waals surface area contributed by atoms with Crippen LogP contribution in [0, 0.1) is 0 Å². The van der Waals surface area contributed by atoms with E-state index in [2.05, 4.69) is 0 Å². The Morgan fingerprint density at radius 2 is 0.400 bits per heavy atom. The summed E-state index contributed by atoms with van der Waals surface area (Å²) in [5.41, 5.74) is 0. The molecular formula is Mo2S3-6. The molecule has 0 radical (unpaired) electrons. The Morgan fingerprint density at radius 1 is 0.400 bits per heavy atom. The number of rotatable bonds is 0. The van der Waals surface area contributed by atoms with Crippen LogP contribution in [0.2, 0.25) is 0 Å². The fourth-order valence-electron chi connectivity index (χ4n) is 0. The minimum Gasteiger partial charge on any atom is -2.00 e. The van der Waals surface area contributed by atoms with Crippen molar-refractivity contribution in [3.63, 3.8) is 0 Å². The number of hydrogen-bond donors (Lipinski definition) is 0. The Labute approximate surface area is 81.7 Å². The van der Waals surface area contributed by atoms with Gasteiger partial charge in [0.05, 0.1) is 0 Å². The van der Waals surface area contributed by atoms with Gasteiger partial charge < -0.3 is 40.5 Å². The first-order valence-corrected chi connectivity index (χ1v) is 0. The molecule has 5 heteroatoms. The summed E-state index contributed by atoms with van der Waals surface area (Å²) in [5.74, 6) is 0. The van der Waals surface area contributed by atoms with E-state index in [4.69, 9.17) is 0 Å². The molecule has 0 aliphatic rings. The molecule has 0 saturated heterocycles. The molecular weight excluding hydrogens is 288 g/mol. The van der Waals surface area contributed by atoms with Crippen LogP contribution in [-0.2, 0) is 82.6 Å². The van der Waals surface area contributed by atoms with Crippen LogP contribution in [0.1, 0.15) is 0 Å². The third-order valence-electron chi connectivity index (χ3n) is 0. The van der Waals surface area contributed by atoms with Crippen molar-refractivity contribution in [2.75, 3.05) is 0 Å². The second-order valence-corrected chi connectivity index (χ2v) is 0. The van der Waals surface area contributed by atoms with Crippen LogP contribution in [0.3, 0.4) is 0 Å². The van der Waals surface area contributed by atoms with Gasteiger partial charge in [0.15, 0.2) is 0 Å². The standard InChI is InChI=1S/2Mo.3S/q;;3*-2. The molecule has 0 bridgehead atoms. The van der Waals surface area contributed by atoms with Gasteiger partial charge in [0, 0.05) is 42.1 Å².